The molecule has 0 fully saturated rings. The molecule has 6 aromatic rings. The van der Waals surface area contributed by atoms with Crippen LogP contribution in [-0.2, 0) is 11.5 Å². The minimum Gasteiger partial charge on any atom is -0.485 e. The fourth-order valence-corrected chi connectivity index (χ4v) is 12.6. The first kappa shape index (κ1) is 28.9. The second kappa shape index (κ2) is 12.4. The number of thioether (sulfide) groups is 2. The van der Waals surface area contributed by atoms with Gasteiger partial charge in [-0.15, -0.1) is 68.9 Å². The van der Waals surface area contributed by atoms with Crippen LogP contribution in [0.4, 0.5) is 11.4 Å². The van der Waals surface area contributed by atoms with Crippen LogP contribution in [0.3, 0.4) is 0 Å². The number of fused-ring (bicyclic) bond motifs is 4. The average molecular weight is 717 g/mol. The first-order chi connectivity index (χ1) is 22.8. The lowest BCUT2D eigenvalue weighted by Crippen LogP contribution is -2.15. The van der Waals surface area contributed by atoms with Gasteiger partial charge in [-0.25, -0.2) is 0 Å². The molecule has 2 aromatic carbocycles. The Kier molecular flexibility index (Phi) is 7.80. The van der Waals surface area contributed by atoms with Gasteiger partial charge < -0.3 is 18.9 Å². The van der Waals surface area contributed by atoms with Gasteiger partial charge in [0.05, 0.1) is 40.6 Å². The molecule has 0 radical (unpaired) electrons. The highest BCUT2D eigenvalue weighted by molar-refractivity contribution is 7.99. The highest BCUT2D eigenvalue weighted by atomic mass is 32.2. The molecule has 0 saturated heterocycles. The van der Waals surface area contributed by atoms with Crippen molar-refractivity contribution in [2.24, 2.45) is 10.2 Å². The molecular formula is C34H24N2O4S6. The molecule has 0 amide bonds. The second-order valence-corrected chi connectivity index (χ2v) is 16.5. The molecule has 46 heavy (non-hydrogen) atoms. The summed E-state index contributed by atoms with van der Waals surface area (Å²) in [6, 6.07) is 21.1. The molecule has 4 aromatic heterocycles. The molecule has 8 bridgehead atoms. The number of ether oxygens (including phenoxy) is 4. The maximum atomic E-state index is 6.36. The Bertz CT molecular complexity index is 1930. The zero-order valence-electron chi connectivity index (χ0n) is 24.1. The SMILES string of the molecule is c1cc2c(s1)-c1sc(c3c1OCCO3)-c1sc(c3c1OCCO3)-c1sccc1SCc1ccc(cc1)N=Nc1ccc(cc1)CS2. The average Bonchev–Trinajstić information content (AvgIpc) is 3.91. The van der Waals surface area contributed by atoms with Gasteiger partial charge in [-0.2, -0.15) is 10.2 Å². The minimum atomic E-state index is 0.516. The van der Waals surface area contributed by atoms with E-state index in [4.69, 9.17) is 18.9 Å². The molecule has 0 unspecified atom stereocenters. The Morgan fingerprint density at radius 2 is 0.804 bits per heavy atom. The topological polar surface area (TPSA) is 61.6 Å². The second-order valence-electron chi connectivity index (χ2n) is 10.6. The van der Waals surface area contributed by atoms with Gasteiger partial charge in [-0.05, 0) is 58.3 Å². The van der Waals surface area contributed by atoms with Crippen molar-refractivity contribution in [2.45, 2.75) is 21.3 Å². The minimum absolute atomic E-state index is 0.516. The summed E-state index contributed by atoms with van der Waals surface area (Å²) in [4.78, 5) is 9.14. The lowest BCUT2D eigenvalue weighted by Gasteiger charge is -2.19. The maximum absolute atomic E-state index is 6.36. The lowest BCUT2D eigenvalue weighted by atomic mass is 10.2. The number of rotatable bonds is 0. The van der Waals surface area contributed by atoms with Crippen molar-refractivity contribution in [2.75, 3.05) is 26.4 Å². The van der Waals surface area contributed by atoms with Crippen LogP contribution in [-0.4, -0.2) is 26.4 Å². The van der Waals surface area contributed by atoms with Crippen LogP contribution in [0.1, 0.15) is 11.1 Å². The number of nitrogens with zero attached hydrogens (tertiary/aromatic N) is 2. The van der Waals surface area contributed by atoms with E-state index >= 15 is 0 Å². The molecule has 12 heteroatoms. The van der Waals surface area contributed by atoms with E-state index in [2.05, 4.69) is 57.4 Å². The molecular weight excluding hydrogens is 693 g/mol. The molecule has 0 N–H and O–H groups in total. The van der Waals surface area contributed by atoms with E-state index in [0.717, 1.165) is 65.4 Å². The van der Waals surface area contributed by atoms with E-state index in [1.807, 2.05) is 47.8 Å². The van der Waals surface area contributed by atoms with Crippen LogP contribution in [0.25, 0.3) is 29.3 Å². The summed E-state index contributed by atoms with van der Waals surface area (Å²) in [5, 5.41) is 13.3. The number of hydrogen-bond acceptors (Lipinski definition) is 12. The number of azo groups is 1. The van der Waals surface area contributed by atoms with Gasteiger partial charge in [-0.3, -0.25) is 0 Å². The summed E-state index contributed by atoms with van der Waals surface area (Å²) in [6.07, 6.45) is 0. The van der Waals surface area contributed by atoms with Crippen molar-refractivity contribution in [3.8, 4) is 52.3 Å². The van der Waals surface area contributed by atoms with Crippen LogP contribution < -0.4 is 18.9 Å². The standard InChI is InChI=1S/C34H24N2O4S6/c1-5-21-6-2-19(1)17-43-23-9-15-41-29(23)31-25-27(39-13-11-37-25)33(45-31)34-28-26(38-12-14-40-28)32(46-34)30-24(10-16-42-30)44-18-20-3-7-22(8-4-20)36-35-21/h1-10,15-16H,11-14,17-18H2. The fraction of sp³-hybridized carbons (Fsp3) is 0.176. The monoisotopic (exact) mass is 716 g/mol. The maximum Gasteiger partial charge on any atom is 0.181 e. The third-order valence-electron chi connectivity index (χ3n) is 7.62. The van der Waals surface area contributed by atoms with Crippen LogP contribution in [0, 0.1) is 0 Å². The summed E-state index contributed by atoms with van der Waals surface area (Å²) in [5.74, 6) is 4.95. The van der Waals surface area contributed by atoms with Gasteiger partial charge in [-0.1, -0.05) is 24.3 Å². The molecule has 230 valence electrons. The molecule has 6 nitrogen and oxygen atoms in total. The van der Waals surface area contributed by atoms with Gasteiger partial charge in [0.2, 0.25) is 0 Å². The van der Waals surface area contributed by atoms with E-state index in [1.165, 1.54) is 30.7 Å². The quantitative estimate of drug-likeness (QED) is 0.156. The molecule has 9 heterocycles. The normalized spacial score (nSPS) is 15.3. The summed E-state index contributed by atoms with van der Waals surface area (Å²) >= 11 is 10.6. The van der Waals surface area contributed by atoms with Crippen LogP contribution >= 0.6 is 68.9 Å². The van der Waals surface area contributed by atoms with Gasteiger partial charge in [0, 0.05) is 21.3 Å². The van der Waals surface area contributed by atoms with Crippen molar-refractivity contribution in [3.05, 3.63) is 82.6 Å². The summed E-state index contributed by atoms with van der Waals surface area (Å²) in [7, 11) is 0. The van der Waals surface area contributed by atoms with E-state index in [0.29, 0.717) is 26.4 Å². The fourth-order valence-electron chi connectivity index (χ4n) is 5.41. The van der Waals surface area contributed by atoms with E-state index in [9.17, 15) is 0 Å². The Labute approximate surface area is 290 Å². The summed E-state index contributed by atoms with van der Waals surface area (Å²) < 4.78 is 25.4. The number of thiophene rings is 4. The third-order valence-corrected chi connectivity index (χ3v) is 14.8. The number of hydrogen-bond donors (Lipinski definition) is 0. The molecule has 5 aliphatic rings. The first-order valence-corrected chi connectivity index (χ1v) is 20.0. The van der Waals surface area contributed by atoms with E-state index < -0.39 is 0 Å². The summed E-state index contributed by atoms with van der Waals surface area (Å²) in [5.41, 5.74) is 4.14. The van der Waals surface area contributed by atoms with Crippen molar-refractivity contribution < 1.29 is 18.9 Å². The zero-order chi connectivity index (χ0) is 30.5. The van der Waals surface area contributed by atoms with Crippen LogP contribution in [0.5, 0.6) is 23.0 Å². The predicted octanol–water partition coefficient (Wildman–Crippen LogP) is 11.8. The molecule has 0 saturated carbocycles. The Hall–Kier alpha value is -3.26. The molecule has 5 aliphatic heterocycles. The highest BCUT2D eigenvalue weighted by Crippen LogP contribution is 2.63. The van der Waals surface area contributed by atoms with Crippen molar-refractivity contribution in [1.82, 2.24) is 0 Å². The van der Waals surface area contributed by atoms with Gasteiger partial charge in [0.25, 0.3) is 0 Å². The van der Waals surface area contributed by atoms with Crippen molar-refractivity contribution in [1.29, 1.82) is 0 Å². The molecule has 0 atom stereocenters. The van der Waals surface area contributed by atoms with Crippen LogP contribution in [0.2, 0.25) is 0 Å². The number of benzene rings is 2. The smallest absolute Gasteiger partial charge is 0.181 e. The third kappa shape index (κ3) is 5.34. The lowest BCUT2D eigenvalue weighted by molar-refractivity contribution is 0.172. The van der Waals surface area contributed by atoms with E-state index in [1.54, 1.807) is 45.3 Å². The van der Waals surface area contributed by atoms with Crippen molar-refractivity contribution >= 4 is 80.2 Å². The van der Waals surface area contributed by atoms with Crippen molar-refractivity contribution in [3.63, 3.8) is 0 Å². The largest absolute Gasteiger partial charge is 0.485 e. The van der Waals surface area contributed by atoms with E-state index in [-0.39, 0.29) is 0 Å². The Balaban J connectivity index is 1.19. The molecule has 11 rings (SSSR count). The highest BCUT2D eigenvalue weighted by Gasteiger charge is 2.34. The molecule has 0 aliphatic carbocycles. The Morgan fingerprint density at radius 1 is 0.435 bits per heavy atom. The van der Waals surface area contributed by atoms with Gasteiger partial charge in [0.15, 0.2) is 23.0 Å². The van der Waals surface area contributed by atoms with Gasteiger partial charge in [0.1, 0.15) is 26.4 Å². The van der Waals surface area contributed by atoms with Crippen LogP contribution in [0.15, 0.2) is 91.4 Å². The first-order valence-electron chi connectivity index (χ1n) is 14.6. The summed E-state index contributed by atoms with van der Waals surface area (Å²) in [6.45, 7) is 2.09. The predicted molar refractivity (Wildman–Crippen MR) is 192 cm³/mol. The Morgan fingerprint density at radius 3 is 1.20 bits per heavy atom. The van der Waals surface area contributed by atoms with Gasteiger partial charge >= 0.3 is 0 Å². The molecule has 0 spiro atoms. The zero-order valence-corrected chi connectivity index (χ0v) is 29.0.